The Morgan fingerprint density at radius 3 is 2.06 bits per heavy atom. The number of carbonyl (C=O) groups excluding carboxylic acids is 1. The van der Waals surface area contributed by atoms with Crippen LogP contribution in [0.1, 0.15) is 39.3 Å². The van der Waals surface area contributed by atoms with E-state index in [2.05, 4.69) is 20.8 Å². The van der Waals surface area contributed by atoms with Crippen molar-refractivity contribution in [3.05, 3.63) is 29.8 Å². The van der Waals surface area contributed by atoms with Crippen molar-refractivity contribution in [3.63, 3.8) is 0 Å². The second-order valence-electron chi connectivity index (χ2n) is 5.01. The monoisotopic (exact) mass is 257 g/mol. The molecule has 0 aliphatic heterocycles. The summed E-state index contributed by atoms with van der Waals surface area (Å²) in [7, 11) is 0. The number of ether oxygens (including phenoxy) is 1. The van der Waals surface area contributed by atoms with Crippen molar-refractivity contribution in [1.29, 1.82) is 0 Å². The largest absolute Gasteiger partial charge is 0.427 e. The summed E-state index contributed by atoms with van der Waals surface area (Å²) >= 11 is 0. The highest BCUT2D eigenvalue weighted by molar-refractivity contribution is 5.85. The summed E-state index contributed by atoms with van der Waals surface area (Å²) in [5.74, 6) is 0.241. The highest BCUT2D eigenvalue weighted by Crippen LogP contribution is 2.31. The van der Waals surface area contributed by atoms with Gasteiger partial charge in [-0.25, -0.2) is 0 Å². The molecule has 0 bridgehead atoms. The van der Waals surface area contributed by atoms with Crippen molar-refractivity contribution in [3.8, 4) is 5.75 Å². The Balaban J connectivity index is 0.00000256. The molecular formula is C13H20ClNO2. The summed E-state index contributed by atoms with van der Waals surface area (Å²) in [6.07, 6.45) is 0. The lowest BCUT2D eigenvalue weighted by Crippen LogP contribution is -2.26. The molecule has 4 heteroatoms. The van der Waals surface area contributed by atoms with Gasteiger partial charge in [0, 0.05) is 13.0 Å². The van der Waals surface area contributed by atoms with Crippen LogP contribution in [-0.2, 0) is 4.79 Å². The molecule has 0 saturated heterocycles. The second-order valence-corrected chi connectivity index (χ2v) is 5.01. The molecule has 0 spiro atoms. The molecule has 0 aliphatic rings. The summed E-state index contributed by atoms with van der Waals surface area (Å²) in [6, 6.07) is 7.30. The molecule has 1 atom stereocenters. The van der Waals surface area contributed by atoms with Crippen LogP contribution in [0.2, 0.25) is 0 Å². The third-order valence-electron chi connectivity index (χ3n) is 2.43. The molecule has 0 unspecified atom stereocenters. The van der Waals surface area contributed by atoms with Gasteiger partial charge in [-0.15, -0.1) is 12.4 Å². The van der Waals surface area contributed by atoms with Crippen LogP contribution in [0.4, 0.5) is 0 Å². The molecule has 1 aromatic rings. The van der Waals surface area contributed by atoms with Crippen LogP contribution in [0.3, 0.4) is 0 Å². The molecule has 0 amide bonds. The van der Waals surface area contributed by atoms with Gasteiger partial charge < -0.3 is 10.5 Å². The van der Waals surface area contributed by atoms with Gasteiger partial charge in [0.05, 0.1) is 0 Å². The fourth-order valence-corrected chi connectivity index (χ4v) is 1.41. The van der Waals surface area contributed by atoms with Crippen molar-refractivity contribution in [2.24, 2.45) is 11.1 Å². The average Bonchev–Trinajstić information content (AvgIpc) is 2.15. The first-order valence-corrected chi connectivity index (χ1v) is 5.34. The zero-order chi connectivity index (χ0) is 12.3. The van der Waals surface area contributed by atoms with Crippen molar-refractivity contribution in [1.82, 2.24) is 0 Å². The van der Waals surface area contributed by atoms with E-state index in [1.54, 1.807) is 12.1 Å². The zero-order valence-corrected chi connectivity index (χ0v) is 11.5. The number of esters is 1. The van der Waals surface area contributed by atoms with Crippen LogP contribution < -0.4 is 10.5 Å². The molecule has 2 N–H and O–H groups in total. The molecule has 1 rings (SSSR count). The van der Waals surface area contributed by atoms with Crippen molar-refractivity contribution in [2.75, 3.05) is 0 Å². The minimum Gasteiger partial charge on any atom is -0.427 e. The minimum atomic E-state index is -0.312. The first kappa shape index (κ1) is 15.9. The number of benzene rings is 1. The van der Waals surface area contributed by atoms with Crippen molar-refractivity contribution < 1.29 is 9.53 Å². The van der Waals surface area contributed by atoms with E-state index < -0.39 is 0 Å². The molecular weight excluding hydrogens is 238 g/mol. The van der Waals surface area contributed by atoms with E-state index in [4.69, 9.17) is 10.5 Å². The van der Waals surface area contributed by atoms with E-state index in [0.717, 1.165) is 5.56 Å². The van der Waals surface area contributed by atoms with Crippen LogP contribution in [0.5, 0.6) is 5.75 Å². The van der Waals surface area contributed by atoms with E-state index in [1.165, 1.54) is 6.92 Å². The van der Waals surface area contributed by atoms with Crippen LogP contribution in [0.25, 0.3) is 0 Å². The first-order valence-electron chi connectivity index (χ1n) is 5.34. The Bertz CT molecular complexity index is 368. The lowest BCUT2D eigenvalue weighted by Gasteiger charge is -2.27. The number of hydrogen-bond donors (Lipinski definition) is 1. The molecule has 3 nitrogen and oxygen atoms in total. The van der Waals surface area contributed by atoms with Gasteiger partial charge in [0.1, 0.15) is 5.75 Å². The molecule has 0 saturated carbocycles. The summed E-state index contributed by atoms with van der Waals surface area (Å²) in [4.78, 5) is 10.7. The third kappa shape index (κ3) is 4.75. The van der Waals surface area contributed by atoms with Crippen LogP contribution in [0, 0.1) is 5.41 Å². The molecule has 17 heavy (non-hydrogen) atoms. The maximum absolute atomic E-state index is 10.7. The summed E-state index contributed by atoms with van der Waals surface area (Å²) < 4.78 is 4.95. The molecule has 0 fully saturated rings. The maximum atomic E-state index is 10.7. The Morgan fingerprint density at radius 2 is 1.71 bits per heavy atom. The van der Waals surface area contributed by atoms with Gasteiger partial charge in [-0.05, 0) is 23.1 Å². The third-order valence-corrected chi connectivity index (χ3v) is 2.43. The standard InChI is InChI=1S/C13H19NO2.ClH/c1-9(15)16-11-7-5-10(6-8-11)12(14)13(2,3)4;/h5-8,12H,14H2,1-4H3;1H/t12-;/m1./s1. The van der Waals surface area contributed by atoms with Gasteiger partial charge in [0.15, 0.2) is 0 Å². The lowest BCUT2D eigenvalue weighted by molar-refractivity contribution is -0.131. The van der Waals surface area contributed by atoms with E-state index in [-0.39, 0.29) is 29.8 Å². The normalized spacial score (nSPS) is 12.5. The molecule has 0 radical (unpaired) electrons. The average molecular weight is 258 g/mol. The number of nitrogens with two attached hydrogens (primary N) is 1. The zero-order valence-electron chi connectivity index (χ0n) is 10.7. The Kier molecular flexibility index (Phi) is 5.66. The lowest BCUT2D eigenvalue weighted by atomic mass is 9.83. The van der Waals surface area contributed by atoms with Crippen LogP contribution >= 0.6 is 12.4 Å². The van der Waals surface area contributed by atoms with Gasteiger partial charge in [-0.2, -0.15) is 0 Å². The predicted octanol–water partition coefficient (Wildman–Crippen LogP) is 3.08. The quantitative estimate of drug-likeness (QED) is 0.654. The molecule has 0 aromatic heterocycles. The Morgan fingerprint density at radius 1 is 1.24 bits per heavy atom. The Hall–Kier alpha value is -1.06. The van der Waals surface area contributed by atoms with Crippen molar-refractivity contribution >= 4 is 18.4 Å². The first-order chi connectivity index (χ1) is 7.30. The van der Waals surface area contributed by atoms with Crippen molar-refractivity contribution in [2.45, 2.75) is 33.7 Å². The number of halogens is 1. The van der Waals surface area contributed by atoms with Crippen LogP contribution in [-0.4, -0.2) is 5.97 Å². The van der Waals surface area contributed by atoms with Crippen LogP contribution in [0.15, 0.2) is 24.3 Å². The van der Waals surface area contributed by atoms with Gasteiger partial charge in [-0.3, -0.25) is 4.79 Å². The van der Waals surface area contributed by atoms with E-state index in [9.17, 15) is 4.79 Å². The molecule has 1 aromatic carbocycles. The fourth-order valence-electron chi connectivity index (χ4n) is 1.41. The topological polar surface area (TPSA) is 52.3 Å². The fraction of sp³-hybridized carbons (Fsp3) is 0.462. The highest BCUT2D eigenvalue weighted by atomic mass is 35.5. The van der Waals surface area contributed by atoms with Gasteiger partial charge >= 0.3 is 5.97 Å². The van der Waals surface area contributed by atoms with Gasteiger partial charge in [-0.1, -0.05) is 32.9 Å². The minimum absolute atomic E-state index is 0. The van der Waals surface area contributed by atoms with E-state index in [1.807, 2.05) is 12.1 Å². The smallest absolute Gasteiger partial charge is 0.308 e. The predicted molar refractivity (Wildman–Crippen MR) is 71.4 cm³/mol. The Labute approximate surface area is 109 Å². The van der Waals surface area contributed by atoms with E-state index in [0.29, 0.717) is 5.75 Å². The molecule has 0 heterocycles. The summed E-state index contributed by atoms with van der Waals surface area (Å²) in [5, 5.41) is 0. The van der Waals surface area contributed by atoms with Gasteiger partial charge in [0.2, 0.25) is 0 Å². The molecule has 0 aliphatic carbocycles. The van der Waals surface area contributed by atoms with Gasteiger partial charge in [0.25, 0.3) is 0 Å². The maximum Gasteiger partial charge on any atom is 0.308 e. The number of hydrogen-bond acceptors (Lipinski definition) is 3. The highest BCUT2D eigenvalue weighted by Gasteiger charge is 2.21. The number of carbonyl (C=O) groups is 1. The SMILES string of the molecule is CC(=O)Oc1ccc([C@@H](N)C(C)(C)C)cc1.Cl. The second kappa shape index (κ2) is 6.03. The molecule has 96 valence electrons. The van der Waals surface area contributed by atoms with E-state index >= 15 is 0 Å². The summed E-state index contributed by atoms with van der Waals surface area (Å²) in [5.41, 5.74) is 7.18. The summed E-state index contributed by atoms with van der Waals surface area (Å²) in [6.45, 7) is 7.67. The number of rotatable bonds is 2.